The molecule has 128 valence electrons. The van der Waals surface area contributed by atoms with Crippen LogP contribution in [-0.4, -0.2) is 9.88 Å². The Morgan fingerprint density at radius 3 is 1.84 bits per heavy atom. The lowest BCUT2D eigenvalue weighted by molar-refractivity contribution is 0.247. The van der Waals surface area contributed by atoms with E-state index in [4.69, 9.17) is 0 Å². The van der Waals surface area contributed by atoms with Crippen LogP contribution in [-0.2, 0) is 19.6 Å². The number of benzene rings is 2. The van der Waals surface area contributed by atoms with Crippen LogP contribution in [0, 0.1) is 18.6 Å². The molecule has 0 aliphatic carbocycles. The topological polar surface area (TPSA) is 16.1 Å². The number of nitrogens with zero attached hydrogens (tertiary/aromatic N) is 2. The number of aryl methyl sites for hydroxylation is 1. The normalized spacial score (nSPS) is 11.0. The van der Waals surface area contributed by atoms with Crippen LogP contribution in [0.5, 0.6) is 0 Å². The Kier molecular flexibility index (Phi) is 5.51. The van der Waals surface area contributed by atoms with Gasteiger partial charge in [-0.3, -0.25) is 9.88 Å². The highest BCUT2D eigenvalue weighted by Crippen LogP contribution is 2.16. The Bertz CT molecular complexity index is 797. The van der Waals surface area contributed by atoms with Crippen LogP contribution in [0.3, 0.4) is 0 Å². The monoisotopic (exact) mass is 338 g/mol. The average Bonchev–Trinajstić information content (AvgIpc) is 2.57. The summed E-state index contributed by atoms with van der Waals surface area (Å²) in [5.74, 6) is -1.09. The molecule has 0 saturated carbocycles. The number of halogens is 2. The molecule has 2 nitrogen and oxygen atoms in total. The fraction of sp³-hybridized carbons (Fsp3) is 0.190. The van der Waals surface area contributed by atoms with E-state index in [0.717, 1.165) is 17.2 Å². The molecule has 3 rings (SSSR count). The van der Waals surface area contributed by atoms with Crippen molar-refractivity contribution in [2.45, 2.75) is 26.6 Å². The van der Waals surface area contributed by atoms with Gasteiger partial charge in [0.25, 0.3) is 0 Å². The van der Waals surface area contributed by atoms with Crippen LogP contribution < -0.4 is 0 Å². The van der Waals surface area contributed by atoms with Gasteiger partial charge < -0.3 is 0 Å². The molecule has 4 heteroatoms. The molecule has 0 fully saturated rings. The maximum Gasteiger partial charge on any atom is 0.126 e. The van der Waals surface area contributed by atoms with Gasteiger partial charge in [-0.25, -0.2) is 8.78 Å². The smallest absolute Gasteiger partial charge is 0.126 e. The minimum absolute atomic E-state index is 0.463. The number of aromatic nitrogens is 1. The number of hydrogen-bond donors (Lipinski definition) is 0. The lowest BCUT2D eigenvalue weighted by Crippen LogP contribution is -2.22. The second kappa shape index (κ2) is 7.99. The Balaban J connectivity index is 1.81. The highest BCUT2D eigenvalue weighted by atomic mass is 19.1. The quantitative estimate of drug-likeness (QED) is 0.637. The molecule has 0 radical (unpaired) electrons. The molecule has 0 spiro atoms. The third-order valence-electron chi connectivity index (χ3n) is 4.01. The molecule has 1 aromatic heterocycles. The summed E-state index contributed by atoms with van der Waals surface area (Å²) in [4.78, 5) is 6.20. The molecule has 0 saturated heterocycles. The zero-order chi connectivity index (χ0) is 17.6. The molecule has 1 heterocycles. The maximum absolute atomic E-state index is 13.5. The summed E-state index contributed by atoms with van der Waals surface area (Å²) in [6, 6.07) is 15.9. The number of pyridine rings is 1. The van der Waals surface area contributed by atoms with Gasteiger partial charge in [0.15, 0.2) is 0 Å². The first kappa shape index (κ1) is 17.2. The summed E-state index contributed by atoms with van der Waals surface area (Å²) in [5.41, 5.74) is 4.10. The van der Waals surface area contributed by atoms with Crippen LogP contribution >= 0.6 is 0 Å². The van der Waals surface area contributed by atoms with E-state index >= 15 is 0 Å². The first-order chi connectivity index (χ1) is 12.1. The molecule has 0 aliphatic rings. The van der Waals surface area contributed by atoms with E-state index in [1.807, 2.05) is 19.1 Å². The zero-order valence-corrected chi connectivity index (χ0v) is 14.1. The Labute approximate surface area is 146 Å². The highest BCUT2D eigenvalue weighted by molar-refractivity contribution is 5.22. The maximum atomic E-state index is 13.5. The fourth-order valence-electron chi connectivity index (χ4n) is 2.83. The van der Waals surface area contributed by atoms with Crippen molar-refractivity contribution in [1.82, 2.24) is 9.88 Å². The van der Waals surface area contributed by atoms with E-state index in [1.165, 1.54) is 17.7 Å². The van der Waals surface area contributed by atoms with Crippen molar-refractivity contribution < 1.29 is 8.78 Å². The van der Waals surface area contributed by atoms with Crippen LogP contribution in [0.25, 0.3) is 0 Å². The lowest BCUT2D eigenvalue weighted by Gasteiger charge is -2.23. The van der Waals surface area contributed by atoms with Gasteiger partial charge in [0.1, 0.15) is 11.6 Å². The molecule has 0 unspecified atom stereocenters. The minimum Gasteiger partial charge on any atom is -0.291 e. The standard InChI is InChI=1S/C21H20F2N2/c1-16-2-4-17(5-3-16)13-25(14-18-6-8-24-9-7-18)15-19-10-20(22)12-21(23)11-19/h2-12H,13-15H2,1H3. The zero-order valence-electron chi connectivity index (χ0n) is 14.1. The molecular weight excluding hydrogens is 318 g/mol. The van der Waals surface area contributed by atoms with E-state index in [9.17, 15) is 8.78 Å². The molecule has 2 aromatic carbocycles. The Hall–Kier alpha value is -2.59. The van der Waals surface area contributed by atoms with Gasteiger partial charge in [-0.2, -0.15) is 0 Å². The Morgan fingerprint density at radius 1 is 0.720 bits per heavy atom. The highest BCUT2D eigenvalue weighted by Gasteiger charge is 2.10. The molecule has 3 aromatic rings. The van der Waals surface area contributed by atoms with E-state index in [-0.39, 0.29) is 0 Å². The number of rotatable bonds is 6. The van der Waals surface area contributed by atoms with Crippen LogP contribution in [0.15, 0.2) is 67.0 Å². The van der Waals surface area contributed by atoms with Crippen molar-refractivity contribution in [3.8, 4) is 0 Å². The molecular formula is C21H20F2N2. The first-order valence-corrected chi connectivity index (χ1v) is 8.20. The van der Waals surface area contributed by atoms with Gasteiger partial charge in [-0.05, 0) is 47.9 Å². The molecule has 0 atom stereocenters. The first-order valence-electron chi connectivity index (χ1n) is 8.20. The van der Waals surface area contributed by atoms with Gasteiger partial charge in [0, 0.05) is 38.1 Å². The SMILES string of the molecule is Cc1ccc(CN(Cc2ccncc2)Cc2cc(F)cc(F)c2)cc1. The van der Waals surface area contributed by atoms with Crippen molar-refractivity contribution in [2.24, 2.45) is 0 Å². The summed E-state index contributed by atoms with van der Waals surface area (Å²) < 4.78 is 27.0. The van der Waals surface area contributed by atoms with Gasteiger partial charge in [0.2, 0.25) is 0 Å². The van der Waals surface area contributed by atoms with E-state index in [0.29, 0.717) is 25.2 Å². The second-order valence-electron chi connectivity index (χ2n) is 6.26. The predicted molar refractivity (Wildman–Crippen MR) is 94.7 cm³/mol. The average molecular weight is 338 g/mol. The van der Waals surface area contributed by atoms with Crippen molar-refractivity contribution in [2.75, 3.05) is 0 Å². The van der Waals surface area contributed by atoms with Crippen LogP contribution in [0.2, 0.25) is 0 Å². The van der Waals surface area contributed by atoms with Gasteiger partial charge in [-0.15, -0.1) is 0 Å². The third-order valence-corrected chi connectivity index (χ3v) is 4.01. The Morgan fingerprint density at radius 2 is 1.24 bits per heavy atom. The minimum atomic E-state index is -0.547. The van der Waals surface area contributed by atoms with Crippen molar-refractivity contribution in [3.63, 3.8) is 0 Å². The fourth-order valence-corrected chi connectivity index (χ4v) is 2.83. The third kappa shape index (κ3) is 5.19. The molecule has 25 heavy (non-hydrogen) atoms. The largest absolute Gasteiger partial charge is 0.291 e. The summed E-state index contributed by atoms with van der Waals surface area (Å²) in [6.45, 7) is 3.88. The predicted octanol–water partition coefficient (Wildman–Crippen LogP) is 4.87. The van der Waals surface area contributed by atoms with E-state index in [1.54, 1.807) is 12.4 Å². The summed E-state index contributed by atoms with van der Waals surface area (Å²) >= 11 is 0. The lowest BCUT2D eigenvalue weighted by atomic mass is 10.1. The number of hydrogen-bond acceptors (Lipinski definition) is 2. The van der Waals surface area contributed by atoms with Crippen LogP contribution in [0.4, 0.5) is 8.78 Å². The van der Waals surface area contributed by atoms with Crippen molar-refractivity contribution >= 4 is 0 Å². The molecule has 0 amide bonds. The summed E-state index contributed by atoms with van der Waals surface area (Å²) in [6.07, 6.45) is 3.50. The second-order valence-corrected chi connectivity index (χ2v) is 6.26. The van der Waals surface area contributed by atoms with Gasteiger partial charge in [-0.1, -0.05) is 29.8 Å². The summed E-state index contributed by atoms with van der Waals surface area (Å²) in [5, 5.41) is 0. The van der Waals surface area contributed by atoms with Crippen molar-refractivity contribution in [3.05, 3.63) is 101 Å². The summed E-state index contributed by atoms with van der Waals surface area (Å²) in [7, 11) is 0. The van der Waals surface area contributed by atoms with Crippen molar-refractivity contribution in [1.29, 1.82) is 0 Å². The molecule has 0 aliphatic heterocycles. The molecule has 0 bridgehead atoms. The van der Waals surface area contributed by atoms with Gasteiger partial charge >= 0.3 is 0 Å². The van der Waals surface area contributed by atoms with E-state index < -0.39 is 11.6 Å². The van der Waals surface area contributed by atoms with Crippen LogP contribution in [0.1, 0.15) is 22.3 Å². The molecule has 0 N–H and O–H groups in total. The van der Waals surface area contributed by atoms with Gasteiger partial charge in [0.05, 0.1) is 0 Å². The van der Waals surface area contributed by atoms with E-state index in [2.05, 4.69) is 34.1 Å².